The molecule has 0 fully saturated rings. The number of benzene rings is 1. The number of anilines is 1. The number of aryl methyl sites for hydroxylation is 1. The lowest BCUT2D eigenvalue weighted by atomic mass is 10.1. The van der Waals surface area contributed by atoms with Crippen molar-refractivity contribution in [1.82, 2.24) is 14.7 Å². The van der Waals surface area contributed by atoms with Crippen LogP contribution in [0.5, 0.6) is 0 Å². The van der Waals surface area contributed by atoms with Crippen LogP contribution in [0.15, 0.2) is 41.6 Å². The Morgan fingerprint density at radius 1 is 1.15 bits per heavy atom. The van der Waals surface area contributed by atoms with Crippen LogP contribution in [0, 0.1) is 6.92 Å². The average Bonchev–Trinajstić information content (AvgIpc) is 2.46. The van der Waals surface area contributed by atoms with E-state index in [0.29, 0.717) is 5.95 Å². The molecule has 0 saturated carbocycles. The standard InChI is InChI=1S/C13H16N4O2S/c1-10-5-3-4-6-11(10)7-17-20(18,19)12-8-15-13(14-2)16-9-12/h3-6,8-9,17H,7H2,1-2H3,(H,14,15,16). The van der Waals surface area contributed by atoms with E-state index in [9.17, 15) is 8.42 Å². The molecule has 106 valence electrons. The van der Waals surface area contributed by atoms with E-state index in [1.165, 1.54) is 12.4 Å². The van der Waals surface area contributed by atoms with Gasteiger partial charge >= 0.3 is 0 Å². The average molecular weight is 292 g/mol. The van der Waals surface area contributed by atoms with Crippen LogP contribution in [0.3, 0.4) is 0 Å². The van der Waals surface area contributed by atoms with Crippen molar-refractivity contribution in [2.75, 3.05) is 12.4 Å². The van der Waals surface area contributed by atoms with Crippen LogP contribution in [-0.2, 0) is 16.6 Å². The van der Waals surface area contributed by atoms with Crippen LogP contribution >= 0.6 is 0 Å². The topological polar surface area (TPSA) is 84.0 Å². The molecule has 0 aliphatic heterocycles. The third-order valence-corrected chi connectivity index (χ3v) is 4.23. The predicted octanol–water partition coefficient (Wildman–Crippen LogP) is 1.31. The second-order valence-electron chi connectivity index (χ2n) is 4.24. The number of hydrogen-bond acceptors (Lipinski definition) is 5. The Kier molecular flexibility index (Phi) is 4.31. The third kappa shape index (κ3) is 3.31. The molecule has 2 N–H and O–H groups in total. The molecule has 0 radical (unpaired) electrons. The summed E-state index contributed by atoms with van der Waals surface area (Å²) in [6, 6.07) is 7.62. The van der Waals surface area contributed by atoms with Gasteiger partial charge in [0.15, 0.2) is 0 Å². The van der Waals surface area contributed by atoms with Gasteiger partial charge in [0.05, 0.1) is 12.4 Å². The van der Waals surface area contributed by atoms with E-state index in [0.717, 1.165) is 11.1 Å². The molecule has 1 heterocycles. The zero-order chi connectivity index (χ0) is 14.6. The number of sulfonamides is 1. The first-order valence-corrected chi connectivity index (χ1v) is 7.55. The Hall–Kier alpha value is -1.99. The normalized spacial score (nSPS) is 11.3. The van der Waals surface area contributed by atoms with E-state index in [4.69, 9.17) is 0 Å². The highest BCUT2D eigenvalue weighted by molar-refractivity contribution is 7.89. The second kappa shape index (κ2) is 5.98. The summed E-state index contributed by atoms with van der Waals surface area (Å²) in [6.45, 7) is 2.18. The van der Waals surface area contributed by atoms with Crippen molar-refractivity contribution in [3.05, 3.63) is 47.8 Å². The van der Waals surface area contributed by atoms with Crippen LogP contribution in [0.2, 0.25) is 0 Å². The minimum absolute atomic E-state index is 0.0464. The van der Waals surface area contributed by atoms with Gasteiger partial charge < -0.3 is 5.32 Å². The molecule has 0 unspecified atom stereocenters. The van der Waals surface area contributed by atoms with Crippen molar-refractivity contribution in [2.24, 2.45) is 0 Å². The van der Waals surface area contributed by atoms with Crippen molar-refractivity contribution in [3.63, 3.8) is 0 Å². The van der Waals surface area contributed by atoms with Crippen molar-refractivity contribution in [2.45, 2.75) is 18.4 Å². The summed E-state index contributed by atoms with van der Waals surface area (Å²) in [7, 11) is -1.94. The van der Waals surface area contributed by atoms with Crippen LogP contribution in [0.25, 0.3) is 0 Å². The Morgan fingerprint density at radius 2 is 1.80 bits per heavy atom. The SMILES string of the molecule is CNc1ncc(S(=O)(=O)NCc2ccccc2C)cn1. The van der Waals surface area contributed by atoms with Gasteiger partial charge in [-0.3, -0.25) is 0 Å². The predicted molar refractivity (Wildman–Crippen MR) is 76.8 cm³/mol. The smallest absolute Gasteiger partial charge is 0.243 e. The molecule has 20 heavy (non-hydrogen) atoms. The first-order valence-electron chi connectivity index (χ1n) is 6.07. The van der Waals surface area contributed by atoms with Crippen molar-refractivity contribution in [3.8, 4) is 0 Å². The lowest BCUT2D eigenvalue weighted by Crippen LogP contribution is -2.24. The Labute approximate surface area is 118 Å². The quantitative estimate of drug-likeness (QED) is 0.868. The van der Waals surface area contributed by atoms with Crippen molar-refractivity contribution >= 4 is 16.0 Å². The molecule has 1 aromatic heterocycles. The summed E-state index contributed by atoms with van der Waals surface area (Å²) in [5.74, 6) is 0.378. The summed E-state index contributed by atoms with van der Waals surface area (Å²) < 4.78 is 26.8. The molecule has 0 atom stereocenters. The molecular weight excluding hydrogens is 276 g/mol. The van der Waals surface area contributed by atoms with Gasteiger partial charge in [-0.15, -0.1) is 0 Å². The molecule has 0 saturated heterocycles. The monoisotopic (exact) mass is 292 g/mol. The van der Waals surface area contributed by atoms with Gasteiger partial charge in [0.25, 0.3) is 0 Å². The number of aromatic nitrogens is 2. The summed E-state index contributed by atoms with van der Waals surface area (Å²) in [6.07, 6.45) is 2.55. The lowest BCUT2D eigenvalue weighted by Gasteiger charge is -2.08. The third-order valence-electron chi connectivity index (χ3n) is 2.88. The molecule has 2 aromatic rings. The number of nitrogens with zero attached hydrogens (tertiary/aromatic N) is 2. The van der Waals surface area contributed by atoms with Crippen LogP contribution < -0.4 is 10.0 Å². The van der Waals surface area contributed by atoms with E-state index in [1.54, 1.807) is 7.05 Å². The molecular formula is C13H16N4O2S. The van der Waals surface area contributed by atoms with Crippen molar-refractivity contribution < 1.29 is 8.42 Å². The van der Waals surface area contributed by atoms with E-state index >= 15 is 0 Å². The highest BCUT2D eigenvalue weighted by Gasteiger charge is 2.15. The molecule has 0 spiro atoms. The molecule has 0 bridgehead atoms. The van der Waals surface area contributed by atoms with Gasteiger partial charge in [-0.05, 0) is 18.1 Å². The molecule has 0 aliphatic rings. The Bertz CT molecular complexity index is 684. The zero-order valence-corrected chi connectivity index (χ0v) is 12.1. The van der Waals surface area contributed by atoms with Gasteiger partial charge in [-0.2, -0.15) is 0 Å². The minimum Gasteiger partial charge on any atom is -0.357 e. The molecule has 2 rings (SSSR count). The first kappa shape index (κ1) is 14.4. The summed E-state index contributed by atoms with van der Waals surface area (Å²) in [5, 5.41) is 2.73. The van der Waals surface area contributed by atoms with Crippen LogP contribution in [0.4, 0.5) is 5.95 Å². The number of rotatable bonds is 5. The maximum absolute atomic E-state index is 12.1. The molecule has 7 heteroatoms. The van der Waals surface area contributed by atoms with E-state index in [1.807, 2.05) is 31.2 Å². The first-order chi connectivity index (χ1) is 9.53. The number of nitrogens with one attached hydrogen (secondary N) is 2. The van der Waals surface area contributed by atoms with Gasteiger partial charge in [0, 0.05) is 13.6 Å². The molecule has 6 nitrogen and oxygen atoms in total. The highest BCUT2D eigenvalue weighted by Crippen LogP contribution is 2.10. The minimum atomic E-state index is -3.60. The zero-order valence-electron chi connectivity index (χ0n) is 11.3. The maximum Gasteiger partial charge on any atom is 0.243 e. The Balaban J connectivity index is 2.13. The number of hydrogen-bond donors (Lipinski definition) is 2. The summed E-state index contributed by atoms with van der Waals surface area (Å²) >= 11 is 0. The van der Waals surface area contributed by atoms with Crippen LogP contribution in [0.1, 0.15) is 11.1 Å². The van der Waals surface area contributed by atoms with E-state index < -0.39 is 10.0 Å². The molecule has 0 amide bonds. The fraction of sp³-hybridized carbons (Fsp3) is 0.231. The fourth-order valence-corrected chi connectivity index (χ4v) is 2.54. The van der Waals surface area contributed by atoms with Gasteiger partial charge in [0.2, 0.25) is 16.0 Å². The van der Waals surface area contributed by atoms with Gasteiger partial charge in [0.1, 0.15) is 4.90 Å². The molecule has 1 aromatic carbocycles. The van der Waals surface area contributed by atoms with E-state index in [2.05, 4.69) is 20.0 Å². The van der Waals surface area contributed by atoms with Crippen molar-refractivity contribution in [1.29, 1.82) is 0 Å². The largest absolute Gasteiger partial charge is 0.357 e. The fourth-order valence-electron chi connectivity index (χ4n) is 1.65. The van der Waals surface area contributed by atoms with E-state index in [-0.39, 0.29) is 11.4 Å². The summed E-state index contributed by atoms with van der Waals surface area (Å²) in [5.41, 5.74) is 1.97. The second-order valence-corrected chi connectivity index (χ2v) is 6.01. The van der Waals surface area contributed by atoms with Crippen LogP contribution in [-0.4, -0.2) is 25.4 Å². The Morgan fingerprint density at radius 3 is 2.40 bits per heavy atom. The summed E-state index contributed by atoms with van der Waals surface area (Å²) in [4.78, 5) is 7.84. The molecule has 0 aliphatic carbocycles. The lowest BCUT2D eigenvalue weighted by molar-refractivity contribution is 0.580. The van der Waals surface area contributed by atoms with Gasteiger partial charge in [-0.25, -0.2) is 23.1 Å². The maximum atomic E-state index is 12.1. The van der Waals surface area contributed by atoms with Gasteiger partial charge in [-0.1, -0.05) is 24.3 Å². The highest BCUT2D eigenvalue weighted by atomic mass is 32.2.